The lowest BCUT2D eigenvalue weighted by atomic mass is 10.1. The number of hydrogen-bond acceptors (Lipinski definition) is 6. The summed E-state index contributed by atoms with van der Waals surface area (Å²) in [7, 11) is 0. The Morgan fingerprint density at radius 1 is 1.45 bits per heavy atom. The SMILES string of the molecule is Cc1noc(CNC(=O)c2cccc([N+](=O)[O-])c2C)n1. The summed E-state index contributed by atoms with van der Waals surface area (Å²) >= 11 is 0. The zero-order chi connectivity index (χ0) is 14.7. The van der Waals surface area contributed by atoms with Gasteiger partial charge in [-0.05, 0) is 19.9 Å². The van der Waals surface area contributed by atoms with Crippen LogP contribution in [0.5, 0.6) is 0 Å². The molecule has 104 valence electrons. The number of nitrogens with zero attached hydrogens (tertiary/aromatic N) is 3. The molecule has 2 aromatic rings. The van der Waals surface area contributed by atoms with E-state index in [1.807, 2.05) is 0 Å². The molecule has 0 spiro atoms. The van der Waals surface area contributed by atoms with E-state index in [2.05, 4.69) is 15.5 Å². The van der Waals surface area contributed by atoms with Gasteiger partial charge in [-0.2, -0.15) is 4.98 Å². The van der Waals surface area contributed by atoms with Crippen molar-refractivity contribution in [2.75, 3.05) is 0 Å². The number of rotatable bonds is 4. The van der Waals surface area contributed by atoms with Crippen LogP contribution >= 0.6 is 0 Å². The van der Waals surface area contributed by atoms with Crippen LogP contribution in [-0.4, -0.2) is 21.0 Å². The van der Waals surface area contributed by atoms with Gasteiger partial charge in [-0.15, -0.1) is 0 Å². The Morgan fingerprint density at radius 2 is 2.20 bits per heavy atom. The standard InChI is InChI=1S/C12H12N4O4/c1-7-9(4-3-5-10(7)16(18)19)12(17)13-6-11-14-8(2)15-20-11/h3-5H,6H2,1-2H3,(H,13,17). The Morgan fingerprint density at radius 3 is 2.80 bits per heavy atom. The van der Waals surface area contributed by atoms with Crippen molar-refractivity contribution >= 4 is 11.6 Å². The molecule has 1 N–H and O–H groups in total. The summed E-state index contributed by atoms with van der Waals surface area (Å²) in [6.45, 7) is 3.27. The minimum Gasteiger partial charge on any atom is -0.343 e. The van der Waals surface area contributed by atoms with Gasteiger partial charge >= 0.3 is 0 Å². The normalized spacial score (nSPS) is 10.3. The Bertz CT molecular complexity index is 665. The van der Waals surface area contributed by atoms with Crippen molar-refractivity contribution in [1.82, 2.24) is 15.5 Å². The molecule has 2 rings (SSSR count). The lowest BCUT2D eigenvalue weighted by Crippen LogP contribution is -2.24. The number of nitro benzene ring substituents is 1. The van der Waals surface area contributed by atoms with Crippen molar-refractivity contribution in [2.45, 2.75) is 20.4 Å². The Kier molecular flexibility index (Phi) is 3.74. The van der Waals surface area contributed by atoms with Crippen molar-refractivity contribution in [1.29, 1.82) is 0 Å². The summed E-state index contributed by atoms with van der Waals surface area (Å²) in [5, 5.41) is 17.0. The van der Waals surface area contributed by atoms with Crippen LogP contribution in [0.15, 0.2) is 22.7 Å². The largest absolute Gasteiger partial charge is 0.343 e. The highest BCUT2D eigenvalue weighted by Crippen LogP contribution is 2.20. The number of amides is 1. The molecule has 0 aliphatic carbocycles. The summed E-state index contributed by atoms with van der Waals surface area (Å²) in [4.78, 5) is 26.2. The van der Waals surface area contributed by atoms with Gasteiger partial charge in [-0.25, -0.2) is 0 Å². The van der Waals surface area contributed by atoms with Gasteiger partial charge in [0.15, 0.2) is 5.82 Å². The number of hydrogen-bond donors (Lipinski definition) is 1. The van der Waals surface area contributed by atoms with Crippen LogP contribution < -0.4 is 5.32 Å². The Balaban J connectivity index is 2.13. The van der Waals surface area contributed by atoms with Crippen LogP contribution in [0.2, 0.25) is 0 Å². The van der Waals surface area contributed by atoms with E-state index in [-0.39, 0.29) is 23.7 Å². The molecule has 1 aromatic heterocycles. The highest BCUT2D eigenvalue weighted by molar-refractivity contribution is 5.96. The fraction of sp³-hybridized carbons (Fsp3) is 0.250. The second-order valence-corrected chi connectivity index (χ2v) is 4.12. The number of nitro groups is 1. The molecule has 0 bridgehead atoms. The van der Waals surface area contributed by atoms with Crippen LogP contribution in [0.25, 0.3) is 0 Å². The fourth-order valence-electron chi connectivity index (χ4n) is 1.73. The third kappa shape index (κ3) is 2.79. The number of aromatic nitrogens is 2. The molecule has 20 heavy (non-hydrogen) atoms. The molecule has 0 unspecified atom stereocenters. The minimum atomic E-state index is -0.520. The van der Waals surface area contributed by atoms with Gasteiger partial charge in [0.25, 0.3) is 11.6 Å². The molecule has 0 saturated heterocycles. The van der Waals surface area contributed by atoms with E-state index in [9.17, 15) is 14.9 Å². The highest BCUT2D eigenvalue weighted by Gasteiger charge is 2.18. The molecule has 0 fully saturated rings. The van der Waals surface area contributed by atoms with Gasteiger partial charge in [0.1, 0.15) is 0 Å². The first-order valence-electron chi connectivity index (χ1n) is 5.80. The average Bonchev–Trinajstić information content (AvgIpc) is 2.81. The van der Waals surface area contributed by atoms with Crippen LogP contribution in [0.3, 0.4) is 0 Å². The van der Waals surface area contributed by atoms with Crippen LogP contribution in [-0.2, 0) is 6.54 Å². The number of aryl methyl sites for hydroxylation is 1. The van der Waals surface area contributed by atoms with Crippen molar-refractivity contribution in [2.24, 2.45) is 0 Å². The second kappa shape index (κ2) is 5.47. The maximum absolute atomic E-state index is 12.0. The van der Waals surface area contributed by atoms with Gasteiger partial charge in [0.2, 0.25) is 5.89 Å². The van der Waals surface area contributed by atoms with Crippen molar-refractivity contribution < 1.29 is 14.2 Å². The Hall–Kier alpha value is -2.77. The maximum Gasteiger partial charge on any atom is 0.273 e. The zero-order valence-electron chi connectivity index (χ0n) is 10.9. The predicted octanol–water partition coefficient (Wildman–Crippen LogP) is 1.52. The van der Waals surface area contributed by atoms with Gasteiger partial charge in [-0.1, -0.05) is 11.2 Å². The first-order chi connectivity index (χ1) is 9.49. The molecule has 8 nitrogen and oxygen atoms in total. The number of nitrogens with one attached hydrogen (secondary N) is 1. The predicted molar refractivity (Wildman–Crippen MR) is 68.0 cm³/mol. The third-order valence-corrected chi connectivity index (χ3v) is 2.72. The third-order valence-electron chi connectivity index (χ3n) is 2.72. The Labute approximate surface area is 113 Å². The molecule has 0 aliphatic heterocycles. The molecule has 0 atom stereocenters. The molecular weight excluding hydrogens is 264 g/mol. The van der Waals surface area contributed by atoms with Crippen LogP contribution in [0, 0.1) is 24.0 Å². The van der Waals surface area contributed by atoms with Crippen molar-refractivity contribution in [3.8, 4) is 0 Å². The van der Waals surface area contributed by atoms with Crippen LogP contribution in [0.1, 0.15) is 27.6 Å². The molecule has 8 heteroatoms. The first-order valence-corrected chi connectivity index (χ1v) is 5.80. The molecule has 1 amide bonds. The molecule has 1 aromatic carbocycles. The topological polar surface area (TPSA) is 111 Å². The van der Waals surface area contributed by atoms with Gasteiger partial charge < -0.3 is 9.84 Å². The monoisotopic (exact) mass is 276 g/mol. The summed E-state index contributed by atoms with van der Waals surface area (Å²) in [5.41, 5.74) is 0.471. The first kappa shape index (κ1) is 13.7. The van der Waals surface area contributed by atoms with E-state index in [4.69, 9.17) is 4.52 Å². The van der Waals surface area contributed by atoms with Crippen molar-refractivity contribution in [3.05, 3.63) is 51.2 Å². The van der Waals surface area contributed by atoms with E-state index in [1.165, 1.54) is 25.1 Å². The zero-order valence-corrected chi connectivity index (χ0v) is 10.9. The lowest BCUT2D eigenvalue weighted by molar-refractivity contribution is -0.385. The molecule has 0 radical (unpaired) electrons. The molecular formula is C12H12N4O4. The van der Waals surface area contributed by atoms with Crippen molar-refractivity contribution in [3.63, 3.8) is 0 Å². The van der Waals surface area contributed by atoms with Crippen LogP contribution in [0.4, 0.5) is 5.69 Å². The van der Waals surface area contributed by atoms with E-state index < -0.39 is 10.8 Å². The summed E-state index contributed by atoms with van der Waals surface area (Å²) in [5.74, 6) is 0.321. The summed E-state index contributed by atoms with van der Waals surface area (Å²) in [6.07, 6.45) is 0. The fourth-order valence-corrected chi connectivity index (χ4v) is 1.73. The second-order valence-electron chi connectivity index (χ2n) is 4.12. The van der Waals surface area contributed by atoms with E-state index in [1.54, 1.807) is 6.92 Å². The molecule has 0 aliphatic rings. The number of carbonyl (C=O) groups is 1. The summed E-state index contributed by atoms with van der Waals surface area (Å²) in [6, 6.07) is 4.35. The number of benzene rings is 1. The van der Waals surface area contributed by atoms with E-state index >= 15 is 0 Å². The van der Waals surface area contributed by atoms with Gasteiger partial charge in [0.05, 0.1) is 11.5 Å². The van der Waals surface area contributed by atoms with Gasteiger partial charge in [0, 0.05) is 17.2 Å². The molecule has 1 heterocycles. The van der Waals surface area contributed by atoms with Gasteiger partial charge in [-0.3, -0.25) is 14.9 Å². The molecule has 0 saturated carbocycles. The quantitative estimate of drug-likeness (QED) is 0.669. The van der Waals surface area contributed by atoms with E-state index in [0.29, 0.717) is 11.4 Å². The maximum atomic E-state index is 12.0. The lowest BCUT2D eigenvalue weighted by Gasteiger charge is -2.06. The minimum absolute atomic E-state index is 0.0712. The highest BCUT2D eigenvalue weighted by atomic mass is 16.6. The van der Waals surface area contributed by atoms with E-state index in [0.717, 1.165) is 0 Å². The average molecular weight is 276 g/mol. The summed E-state index contributed by atoms with van der Waals surface area (Å²) < 4.78 is 4.86. The number of carbonyl (C=O) groups excluding carboxylic acids is 1. The smallest absolute Gasteiger partial charge is 0.273 e.